The topological polar surface area (TPSA) is 71.9 Å². The Labute approximate surface area is 149 Å². The molecule has 0 aromatic carbocycles. The van der Waals surface area contributed by atoms with Crippen LogP contribution in [0.3, 0.4) is 0 Å². The number of ether oxygens (including phenoxy) is 2. The van der Waals surface area contributed by atoms with Gasteiger partial charge in [0.15, 0.2) is 0 Å². The van der Waals surface area contributed by atoms with Crippen LogP contribution in [0.25, 0.3) is 0 Å². The maximum atomic E-state index is 12.6. The highest BCUT2D eigenvalue weighted by atomic mass is 16.6. The molecule has 25 heavy (non-hydrogen) atoms. The van der Waals surface area contributed by atoms with E-state index in [1.807, 2.05) is 38.7 Å². The van der Waals surface area contributed by atoms with Crippen LogP contribution in [0.15, 0.2) is 12.3 Å². The van der Waals surface area contributed by atoms with E-state index < -0.39 is 11.2 Å². The number of amides is 1. The third-order valence-electron chi connectivity index (χ3n) is 5.13. The van der Waals surface area contributed by atoms with E-state index in [2.05, 4.69) is 4.98 Å². The lowest BCUT2D eigenvalue weighted by Crippen LogP contribution is -2.53. The minimum absolute atomic E-state index is 0.000933. The summed E-state index contributed by atoms with van der Waals surface area (Å²) in [4.78, 5) is 18.7. The average molecular weight is 348 g/mol. The quantitative estimate of drug-likeness (QED) is 0.889. The SMILES string of the molecule is COc1ncc(C2(O)CC3CCC(C2)N3C(=O)OC(C)(C)C)cc1C. The zero-order chi connectivity index (χ0) is 18.4. The fraction of sp³-hybridized carbons (Fsp3) is 0.684. The number of fused-ring (bicyclic) bond motifs is 2. The normalized spacial score (nSPS) is 28.8. The molecule has 0 spiro atoms. The number of piperidine rings is 1. The molecule has 3 heterocycles. The number of pyridine rings is 1. The second kappa shape index (κ2) is 6.16. The maximum Gasteiger partial charge on any atom is 0.410 e. The van der Waals surface area contributed by atoms with E-state index in [0.29, 0.717) is 18.7 Å². The fourth-order valence-corrected chi connectivity index (χ4v) is 4.10. The molecule has 1 N–H and O–H groups in total. The lowest BCUT2D eigenvalue weighted by molar-refractivity contribution is -0.0626. The van der Waals surface area contributed by atoms with Crippen LogP contribution in [0.1, 0.15) is 57.6 Å². The summed E-state index contributed by atoms with van der Waals surface area (Å²) in [6.45, 7) is 7.54. The Kier molecular flexibility index (Phi) is 4.43. The number of hydrogen-bond donors (Lipinski definition) is 1. The molecule has 6 nitrogen and oxygen atoms in total. The van der Waals surface area contributed by atoms with Gasteiger partial charge in [0.1, 0.15) is 5.60 Å². The van der Waals surface area contributed by atoms with Gasteiger partial charge in [-0.15, -0.1) is 0 Å². The number of carbonyl (C=O) groups is 1. The molecule has 0 saturated carbocycles. The van der Waals surface area contributed by atoms with Crippen LogP contribution in [0.5, 0.6) is 5.88 Å². The Hall–Kier alpha value is -1.82. The predicted octanol–water partition coefficient (Wildman–Crippen LogP) is 3.15. The number of aliphatic hydroxyl groups is 1. The third-order valence-corrected chi connectivity index (χ3v) is 5.13. The smallest absolute Gasteiger partial charge is 0.410 e. The lowest BCUT2D eigenvalue weighted by Gasteiger charge is -2.44. The first kappa shape index (κ1) is 18.0. The number of aryl methyl sites for hydroxylation is 1. The molecule has 2 aliphatic rings. The maximum absolute atomic E-state index is 12.6. The zero-order valence-corrected chi connectivity index (χ0v) is 15.7. The van der Waals surface area contributed by atoms with Gasteiger partial charge in [-0.1, -0.05) is 0 Å². The zero-order valence-electron chi connectivity index (χ0n) is 15.7. The van der Waals surface area contributed by atoms with Crippen LogP contribution in [-0.4, -0.2) is 45.9 Å². The number of aromatic nitrogens is 1. The summed E-state index contributed by atoms with van der Waals surface area (Å²) >= 11 is 0. The van der Waals surface area contributed by atoms with Gasteiger partial charge in [-0.05, 0) is 46.6 Å². The van der Waals surface area contributed by atoms with Crippen LogP contribution in [0, 0.1) is 6.92 Å². The molecule has 1 aromatic heterocycles. The van der Waals surface area contributed by atoms with Crippen LogP contribution in [0.4, 0.5) is 4.79 Å². The van der Waals surface area contributed by atoms with E-state index in [1.165, 1.54) is 0 Å². The molecule has 6 heteroatoms. The van der Waals surface area contributed by atoms with Crippen molar-refractivity contribution in [1.29, 1.82) is 0 Å². The van der Waals surface area contributed by atoms with Gasteiger partial charge in [-0.3, -0.25) is 0 Å². The highest BCUT2D eigenvalue weighted by Crippen LogP contribution is 2.46. The van der Waals surface area contributed by atoms with Crippen molar-refractivity contribution in [2.24, 2.45) is 0 Å². The number of hydrogen-bond acceptors (Lipinski definition) is 5. The van der Waals surface area contributed by atoms with Crippen molar-refractivity contribution in [2.75, 3.05) is 7.11 Å². The van der Waals surface area contributed by atoms with Crippen LogP contribution < -0.4 is 4.74 Å². The predicted molar refractivity (Wildman–Crippen MR) is 93.5 cm³/mol. The second-order valence-electron chi connectivity index (χ2n) is 8.26. The summed E-state index contributed by atoms with van der Waals surface area (Å²) in [7, 11) is 1.59. The molecular weight excluding hydrogens is 320 g/mol. The molecule has 2 saturated heterocycles. The number of nitrogens with zero attached hydrogens (tertiary/aromatic N) is 2. The first-order chi connectivity index (χ1) is 11.6. The summed E-state index contributed by atoms with van der Waals surface area (Å²) < 4.78 is 10.8. The molecule has 2 aliphatic heterocycles. The van der Waals surface area contributed by atoms with Crippen molar-refractivity contribution < 1.29 is 19.4 Å². The average Bonchev–Trinajstić information content (AvgIpc) is 2.78. The molecule has 2 fully saturated rings. The minimum Gasteiger partial charge on any atom is -0.481 e. The lowest BCUT2D eigenvalue weighted by atomic mass is 9.81. The standard InChI is InChI=1S/C19H28N2O4/c1-12-8-13(11-20-16(12)24-5)19(23)9-14-6-7-15(10-19)21(14)17(22)25-18(2,3)4/h8,11,14-15,23H,6-7,9-10H2,1-5H3. The Balaban J connectivity index is 1.81. The summed E-state index contributed by atoms with van der Waals surface area (Å²) in [6, 6.07) is 1.94. The molecule has 3 rings (SSSR count). The number of methoxy groups -OCH3 is 1. The Morgan fingerprint density at radius 1 is 1.32 bits per heavy atom. The molecule has 1 aromatic rings. The van der Waals surface area contributed by atoms with Crippen LogP contribution >= 0.6 is 0 Å². The minimum atomic E-state index is -0.964. The van der Waals surface area contributed by atoms with Crippen molar-refractivity contribution >= 4 is 6.09 Å². The molecule has 0 aliphatic carbocycles. The highest BCUT2D eigenvalue weighted by molar-refractivity contribution is 5.69. The van der Waals surface area contributed by atoms with Crippen molar-refractivity contribution in [3.8, 4) is 5.88 Å². The largest absolute Gasteiger partial charge is 0.481 e. The van der Waals surface area contributed by atoms with E-state index in [9.17, 15) is 9.90 Å². The Bertz CT molecular complexity index is 654. The van der Waals surface area contributed by atoms with Crippen molar-refractivity contribution in [3.63, 3.8) is 0 Å². The molecule has 1 amide bonds. The molecule has 2 atom stereocenters. The number of carbonyl (C=O) groups excluding carboxylic acids is 1. The first-order valence-corrected chi connectivity index (χ1v) is 8.88. The molecule has 2 unspecified atom stereocenters. The van der Waals surface area contributed by atoms with E-state index in [0.717, 1.165) is 24.0 Å². The molecule has 138 valence electrons. The van der Waals surface area contributed by atoms with Gasteiger partial charge >= 0.3 is 6.09 Å². The van der Waals surface area contributed by atoms with Crippen LogP contribution in [-0.2, 0) is 10.3 Å². The van der Waals surface area contributed by atoms with E-state index >= 15 is 0 Å². The monoisotopic (exact) mass is 348 g/mol. The van der Waals surface area contributed by atoms with Gasteiger partial charge in [0.2, 0.25) is 5.88 Å². The summed E-state index contributed by atoms with van der Waals surface area (Å²) in [5.41, 5.74) is 0.220. The molecule has 0 radical (unpaired) electrons. The summed E-state index contributed by atoms with van der Waals surface area (Å²) in [5.74, 6) is 0.571. The van der Waals surface area contributed by atoms with Crippen molar-refractivity contribution in [1.82, 2.24) is 9.88 Å². The summed E-state index contributed by atoms with van der Waals surface area (Å²) in [5, 5.41) is 11.3. The Morgan fingerprint density at radius 2 is 1.92 bits per heavy atom. The van der Waals surface area contributed by atoms with Gasteiger partial charge < -0.3 is 19.5 Å². The van der Waals surface area contributed by atoms with Crippen molar-refractivity contribution in [2.45, 2.75) is 76.7 Å². The Morgan fingerprint density at radius 3 is 2.40 bits per heavy atom. The fourth-order valence-electron chi connectivity index (χ4n) is 4.10. The summed E-state index contributed by atoms with van der Waals surface area (Å²) in [6.07, 6.45) is 4.23. The van der Waals surface area contributed by atoms with E-state index in [1.54, 1.807) is 13.3 Å². The van der Waals surface area contributed by atoms with E-state index in [-0.39, 0.29) is 18.2 Å². The molecular formula is C19H28N2O4. The van der Waals surface area contributed by atoms with Gasteiger partial charge in [0, 0.05) is 42.2 Å². The molecule has 2 bridgehead atoms. The number of rotatable bonds is 2. The highest BCUT2D eigenvalue weighted by Gasteiger charge is 2.51. The van der Waals surface area contributed by atoms with Crippen LogP contribution in [0.2, 0.25) is 0 Å². The van der Waals surface area contributed by atoms with Gasteiger partial charge in [0.25, 0.3) is 0 Å². The van der Waals surface area contributed by atoms with Crippen molar-refractivity contribution in [3.05, 3.63) is 23.4 Å². The van der Waals surface area contributed by atoms with Gasteiger partial charge in [0.05, 0.1) is 12.7 Å². The third kappa shape index (κ3) is 3.45. The van der Waals surface area contributed by atoms with E-state index in [4.69, 9.17) is 9.47 Å². The first-order valence-electron chi connectivity index (χ1n) is 8.88. The van der Waals surface area contributed by atoms with Gasteiger partial charge in [-0.25, -0.2) is 9.78 Å². The van der Waals surface area contributed by atoms with Gasteiger partial charge in [-0.2, -0.15) is 0 Å². The second-order valence-corrected chi connectivity index (χ2v) is 8.26.